The third-order valence-corrected chi connectivity index (χ3v) is 2.71. The summed E-state index contributed by atoms with van der Waals surface area (Å²) in [7, 11) is 0. The quantitative estimate of drug-likeness (QED) is 0.659. The summed E-state index contributed by atoms with van der Waals surface area (Å²) in [6, 6.07) is 13.2. The number of phenolic OH excluding ortho intramolecular Hbond substituents is 1. The van der Waals surface area contributed by atoms with Gasteiger partial charge in [-0.3, -0.25) is 4.79 Å². The summed E-state index contributed by atoms with van der Waals surface area (Å²) in [6.45, 7) is -0.154. The Labute approximate surface area is 126 Å². The number of benzene rings is 2. The van der Waals surface area contributed by atoms with Gasteiger partial charge >= 0.3 is 0 Å². The van der Waals surface area contributed by atoms with Crippen LogP contribution in [0, 0.1) is 0 Å². The largest absolute Gasteiger partial charge is 0.508 e. The summed E-state index contributed by atoms with van der Waals surface area (Å²) in [5.41, 5.74) is 3.00. The molecule has 0 aliphatic rings. The molecule has 0 heterocycles. The number of hydrogen-bond donors (Lipinski definition) is 2. The van der Waals surface area contributed by atoms with Crippen LogP contribution in [0.15, 0.2) is 53.6 Å². The van der Waals surface area contributed by atoms with E-state index >= 15 is 0 Å². The standard InChI is InChI=1S/C15H13ClN2O3/c16-12-4-6-14(7-5-12)21-10-15(20)18-17-9-11-2-1-3-13(19)8-11/h1-9,19H,10H2,(H,18,20). The minimum absolute atomic E-state index is 0.136. The SMILES string of the molecule is O=C(COc1ccc(Cl)cc1)NN=Cc1cccc(O)c1. The predicted molar refractivity (Wildman–Crippen MR) is 80.8 cm³/mol. The van der Waals surface area contributed by atoms with E-state index in [0.717, 1.165) is 0 Å². The number of hydrazone groups is 1. The van der Waals surface area contributed by atoms with Crippen LogP contribution in [0.3, 0.4) is 0 Å². The van der Waals surface area contributed by atoms with Crippen molar-refractivity contribution in [1.82, 2.24) is 5.43 Å². The summed E-state index contributed by atoms with van der Waals surface area (Å²) in [5.74, 6) is 0.296. The molecule has 108 valence electrons. The van der Waals surface area contributed by atoms with E-state index in [1.807, 2.05) is 0 Å². The van der Waals surface area contributed by atoms with Gasteiger partial charge in [0.05, 0.1) is 6.21 Å². The van der Waals surface area contributed by atoms with Crippen LogP contribution in [0.25, 0.3) is 0 Å². The van der Waals surface area contributed by atoms with Gasteiger partial charge in [-0.1, -0.05) is 23.7 Å². The molecule has 2 aromatic rings. The lowest BCUT2D eigenvalue weighted by atomic mass is 10.2. The number of ether oxygens (including phenoxy) is 1. The Hall–Kier alpha value is -2.53. The lowest BCUT2D eigenvalue weighted by Gasteiger charge is -2.04. The lowest BCUT2D eigenvalue weighted by Crippen LogP contribution is -2.24. The Kier molecular flexibility index (Phi) is 5.17. The van der Waals surface area contributed by atoms with Crippen molar-refractivity contribution in [2.45, 2.75) is 0 Å². The van der Waals surface area contributed by atoms with Gasteiger partial charge in [-0.25, -0.2) is 5.43 Å². The lowest BCUT2D eigenvalue weighted by molar-refractivity contribution is -0.123. The van der Waals surface area contributed by atoms with E-state index in [2.05, 4.69) is 10.5 Å². The molecule has 0 aromatic heterocycles. The number of aromatic hydroxyl groups is 1. The van der Waals surface area contributed by atoms with Crippen molar-refractivity contribution in [3.63, 3.8) is 0 Å². The number of amides is 1. The fourth-order valence-corrected chi connectivity index (χ4v) is 1.62. The Balaban J connectivity index is 1.78. The summed E-state index contributed by atoms with van der Waals surface area (Å²) >= 11 is 5.74. The Morgan fingerprint density at radius 2 is 2.05 bits per heavy atom. The van der Waals surface area contributed by atoms with Crippen LogP contribution in [-0.2, 0) is 4.79 Å². The minimum Gasteiger partial charge on any atom is -0.508 e. The first-order valence-electron chi connectivity index (χ1n) is 6.13. The van der Waals surface area contributed by atoms with E-state index < -0.39 is 0 Å². The van der Waals surface area contributed by atoms with Crippen molar-refractivity contribution in [2.24, 2.45) is 5.10 Å². The average molecular weight is 305 g/mol. The molecule has 0 spiro atoms. The highest BCUT2D eigenvalue weighted by Gasteiger charge is 2.01. The smallest absolute Gasteiger partial charge is 0.277 e. The van der Waals surface area contributed by atoms with Crippen LogP contribution in [-0.4, -0.2) is 23.8 Å². The topological polar surface area (TPSA) is 70.9 Å². The molecular formula is C15H13ClN2O3. The zero-order valence-corrected chi connectivity index (χ0v) is 11.7. The van der Waals surface area contributed by atoms with Crippen LogP contribution < -0.4 is 10.2 Å². The highest BCUT2D eigenvalue weighted by atomic mass is 35.5. The predicted octanol–water partition coefficient (Wildman–Crippen LogP) is 2.57. The second-order valence-electron chi connectivity index (χ2n) is 4.13. The van der Waals surface area contributed by atoms with Crippen molar-refractivity contribution >= 4 is 23.7 Å². The van der Waals surface area contributed by atoms with Gasteiger partial charge in [-0.2, -0.15) is 5.10 Å². The van der Waals surface area contributed by atoms with E-state index in [1.54, 1.807) is 42.5 Å². The van der Waals surface area contributed by atoms with Gasteiger partial charge in [0, 0.05) is 5.02 Å². The maximum absolute atomic E-state index is 11.5. The zero-order chi connectivity index (χ0) is 15.1. The molecule has 0 fully saturated rings. The molecule has 5 nitrogen and oxygen atoms in total. The molecule has 0 saturated carbocycles. The third kappa shape index (κ3) is 5.16. The molecular weight excluding hydrogens is 292 g/mol. The van der Waals surface area contributed by atoms with Gasteiger partial charge in [-0.05, 0) is 42.0 Å². The number of hydrogen-bond acceptors (Lipinski definition) is 4. The van der Waals surface area contributed by atoms with Crippen LogP contribution in [0.2, 0.25) is 5.02 Å². The van der Waals surface area contributed by atoms with Gasteiger partial charge in [0.15, 0.2) is 6.61 Å². The molecule has 0 unspecified atom stereocenters. The minimum atomic E-state index is -0.388. The molecule has 2 aromatic carbocycles. The molecule has 0 bridgehead atoms. The molecule has 0 radical (unpaired) electrons. The second kappa shape index (κ2) is 7.31. The number of halogens is 1. The first-order chi connectivity index (χ1) is 10.1. The van der Waals surface area contributed by atoms with Gasteiger partial charge in [0.25, 0.3) is 5.91 Å². The zero-order valence-electron chi connectivity index (χ0n) is 11.0. The number of nitrogens with one attached hydrogen (secondary N) is 1. The highest BCUT2D eigenvalue weighted by Crippen LogP contribution is 2.15. The monoisotopic (exact) mass is 304 g/mol. The number of nitrogens with zero attached hydrogens (tertiary/aromatic N) is 1. The fraction of sp³-hybridized carbons (Fsp3) is 0.0667. The van der Waals surface area contributed by atoms with E-state index in [9.17, 15) is 9.90 Å². The molecule has 0 aliphatic heterocycles. The Morgan fingerprint density at radius 3 is 2.76 bits per heavy atom. The average Bonchev–Trinajstić information content (AvgIpc) is 2.47. The molecule has 2 rings (SSSR count). The molecule has 0 saturated heterocycles. The molecule has 0 aliphatic carbocycles. The van der Waals surface area contributed by atoms with Crippen molar-refractivity contribution in [3.8, 4) is 11.5 Å². The molecule has 1 amide bonds. The second-order valence-corrected chi connectivity index (χ2v) is 4.57. The van der Waals surface area contributed by atoms with Gasteiger partial charge in [0.2, 0.25) is 0 Å². The van der Waals surface area contributed by atoms with E-state index in [1.165, 1.54) is 12.3 Å². The fourth-order valence-electron chi connectivity index (χ4n) is 1.50. The summed E-state index contributed by atoms with van der Waals surface area (Å²) < 4.78 is 5.26. The number of carbonyl (C=O) groups is 1. The summed E-state index contributed by atoms with van der Waals surface area (Å²) in [6.07, 6.45) is 1.43. The van der Waals surface area contributed by atoms with Crippen LogP contribution in [0.4, 0.5) is 0 Å². The van der Waals surface area contributed by atoms with E-state index in [0.29, 0.717) is 16.3 Å². The van der Waals surface area contributed by atoms with Gasteiger partial charge in [-0.15, -0.1) is 0 Å². The number of carbonyl (C=O) groups excluding carboxylic acids is 1. The molecule has 21 heavy (non-hydrogen) atoms. The summed E-state index contributed by atoms with van der Waals surface area (Å²) in [5, 5.41) is 13.6. The van der Waals surface area contributed by atoms with Gasteiger partial charge < -0.3 is 9.84 Å². The molecule has 0 atom stereocenters. The van der Waals surface area contributed by atoms with E-state index in [-0.39, 0.29) is 18.3 Å². The highest BCUT2D eigenvalue weighted by molar-refractivity contribution is 6.30. The maximum Gasteiger partial charge on any atom is 0.277 e. The van der Waals surface area contributed by atoms with Crippen LogP contribution in [0.1, 0.15) is 5.56 Å². The summed E-state index contributed by atoms with van der Waals surface area (Å²) in [4.78, 5) is 11.5. The molecule has 6 heteroatoms. The number of rotatable bonds is 5. The third-order valence-electron chi connectivity index (χ3n) is 2.46. The van der Waals surface area contributed by atoms with Crippen LogP contribution in [0.5, 0.6) is 11.5 Å². The van der Waals surface area contributed by atoms with Crippen molar-refractivity contribution in [3.05, 3.63) is 59.1 Å². The van der Waals surface area contributed by atoms with Crippen molar-refractivity contribution in [2.75, 3.05) is 6.61 Å². The first-order valence-corrected chi connectivity index (χ1v) is 6.50. The molecule has 2 N–H and O–H groups in total. The number of phenols is 1. The normalized spacial score (nSPS) is 10.5. The van der Waals surface area contributed by atoms with E-state index in [4.69, 9.17) is 16.3 Å². The Morgan fingerprint density at radius 1 is 1.29 bits per heavy atom. The van der Waals surface area contributed by atoms with Crippen molar-refractivity contribution in [1.29, 1.82) is 0 Å². The van der Waals surface area contributed by atoms with Gasteiger partial charge in [0.1, 0.15) is 11.5 Å². The first kappa shape index (κ1) is 14.9. The van der Waals surface area contributed by atoms with Crippen LogP contribution >= 0.6 is 11.6 Å². The maximum atomic E-state index is 11.5. The van der Waals surface area contributed by atoms with Crippen molar-refractivity contribution < 1.29 is 14.6 Å². The Bertz CT molecular complexity index is 642.